The second-order valence-corrected chi connectivity index (χ2v) is 5.46. The first kappa shape index (κ1) is 17.7. The highest BCUT2D eigenvalue weighted by atomic mass is 16.5. The first-order valence-corrected chi connectivity index (χ1v) is 7.55. The summed E-state index contributed by atoms with van der Waals surface area (Å²) in [6.07, 6.45) is 1.22. The molecule has 0 aliphatic heterocycles. The van der Waals surface area contributed by atoms with Crippen molar-refractivity contribution in [1.82, 2.24) is 5.32 Å². The molecule has 0 saturated heterocycles. The van der Waals surface area contributed by atoms with Gasteiger partial charge in [0.05, 0.1) is 13.2 Å². The maximum Gasteiger partial charge on any atom is 0.305 e. The molecule has 0 heterocycles. The molecule has 21 heavy (non-hydrogen) atoms. The van der Waals surface area contributed by atoms with Crippen molar-refractivity contribution in [1.29, 1.82) is 0 Å². The lowest BCUT2D eigenvalue weighted by Crippen LogP contribution is -2.36. The van der Waals surface area contributed by atoms with Crippen molar-refractivity contribution < 1.29 is 14.6 Å². The number of carbonyl (C=O) groups is 1. The largest absolute Gasteiger partial charge is 0.469 e. The molecule has 0 amide bonds. The average molecular weight is 293 g/mol. The van der Waals surface area contributed by atoms with E-state index in [-0.39, 0.29) is 12.0 Å². The molecule has 0 spiro atoms. The van der Waals surface area contributed by atoms with E-state index in [0.717, 1.165) is 24.1 Å². The van der Waals surface area contributed by atoms with Crippen LogP contribution in [0.1, 0.15) is 49.0 Å². The summed E-state index contributed by atoms with van der Waals surface area (Å²) < 4.78 is 4.68. The Morgan fingerprint density at radius 3 is 2.62 bits per heavy atom. The fraction of sp³-hybridized carbons (Fsp3) is 0.588. The van der Waals surface area contributed by atoms with Gasteiger partial charge in [0.1, 0.15) is 0 Å². The van der Waals surface area contributed by atoms with E-state index in [2.05, 4.69) is 23.9 Å². The number of aliphatic hydroxyl groups excluding tert-OH is 1. The molecule has 0 fully saturated rings. The molecule has 1 rings (SSSR count). The molecule has 4 nitrogen and oxygen atoms in total. The van der Waals surface area contributed by atoms with Crippen LogP contribution in [-0.4, -0.2) is 30.8 Å². The lowest BCUT2D eigenvalue weighted by Gasteiger charge is -2.24. The minimum absolute atomic E-state index is 0.147. The standard InChI is InChI=1S/C17H27NO3/c1-5-10-18-15(8-9-16(19)21-4)17(20)14-7-6-12(2)13(3)11-14/h6-7,11,15,17-18,20H,5,8-10H2,1-4H3. The number of hydrogen-bond donors (Lipinski definition) is 2. The van der Waals surface area contributed by atoms with Gasteiger partial charge in [-0.05, 0) is 49.9 Å². The SMILES string of the molecule is CCCNC(CCC(=O)OC)C(O)c1ccc(C)c(C)c1. The second-order valence-electron chi connectivity index (χ2n) is 5.46. The van der Waals surface area contributed by atoms with Gasteiger partial charge in [0.25, 0.3) is 0 Å². The van der Waals surface area contributed by atoms with E-state index in [1.54, 1.807) is 0 Å². The number of hydrogen-bond acceptors (Lipinski definition) is 4. The van der Waals surface area contributed by atoms with E-state index in [4.69, 9.17) is 0 Å². The van der Waals surface area contributed by atoms with Gasteiger partial charge in [-0.3, -0.25) is 4.79 Å². The number of esters is 1. The molecule has 2 unspecified atom stereocenters. The number of nitrogens with one attached hydrogen (secondary N) is 1. The van der Waals surface area contributed by atoms with E-state index in [9.17, 15) is 9.90 Å². The Morgan fingerprint density at radius 1 is 1.33 bits per heavy atom. The highest BCUT2D eigenvalue weighted by Crippen LogP contribution is 2.22. The molecule has 0 saturated carbocycles. The van der Waals surface area contributed by atoms with Crippen LogP contribution in [0.15, 0.2) is 18.2 Å². The van der Waals surface area contributed by atoms with Gasteiger partial charge in [0.2, 0.25) is 0 Å². The van der Waals surface area contributed by atoms with Crippen molar-refractivity contribution in [3.05, 3.63) is 34.9 Å². The summed E-state index contributed by atoms with van der Waals surface area (Å²) >= 11 is 0. The third-order valence-electron chi connectivity index (χ3n) is 3.80. The molecule has 0 aliphatic carbocycles. The second kappa shape index (κ2) is 8.80. The first-order valence-electron chi connectivity index (χ1n) is 7.55. The maximum atomic E-state index is 11.3. The number of aliphatic hydroxyl groups is 1. The van der Waals surface area contributed by atoms with Crippen molar-refractivity contribution in [3.63, 3.8) is 0 Å². The number of rotatable bonds is 8. The highest BCUT2D eigenvalue weighted by Gasteiger charge is 2.21. The topological polar surface area (TPSA) is 58.6 Å². The summed E-state index contributed by atoms with van der Waals surface area (Å²) in [5, 5.41) is 13.9. The molecule has 2 N–H and O–H groups in total. The maximum absolute atomic E-state index is 11.3. The van der Waals surface area contributed by atoms with Gasteiger partial charge in [-0.15, -0.1) is 0 Å². The lowest BCUT2D eigenvalue weighted by atomic mass is 9.95. The zero-order valence-electron chi connectivity index (χ0n) is 13.5. The number of ether oxygens (including phenoxy) is 1. The Bertz CT molecular complexity index is 459. The molecule has 0 radical (unpaired) electrons. The zero-order valence-corrected chi connectivity index (χ0v) is 13.5. The van der Waals surface area contributed by atoms with Gasteiger partial charge in [0.15, 0.2) is 0 Å². The van der Waals surface area contributed by atoms with Crippen LogP contribution in [0.2, 0.25) is 0 Å². The molecule has 1 aromatic rings. The predicted octanol–water partition coefficient (Wildman–Crippen LogP) is 2.66. The quantitative estimate of drug-likeness (QED) is 0.724. The summed E-state index contributed by atoms with van der Waals surface area (Å²) in [5.74, 6) is -0.245. The molecular weight excluding hydrogens is 266 g/mol. The van der Waals surface area contributed by atoms with Crippen LogP contribution in [0.3, 0.4) is 0 Å². The molecule has 0 aromatic heterocycles. The van der Waals surface area contributed by atoms with Gasteiger partial charge in [0, 0.05) is 12.5 Å². The Balaban J connectivity index is 2.79. The summed E-state index contributed by atoms with van der Waals surface area (Å²) in [7, 11) is 1.39. The molecule has 0 bridgehead atoms. The Labute approximate surface area is 127 Å². The van der Waals surface area contributed by atoms with Crippen LogP contribution in [-0.2, 0) is 9.53 Å². The summed E-state index contributed by atoms with van der Waals surface area (Å²) in [6, 6.07) is 5.83. The van der Waals surface area contributed by atoms with Crippen LogP contribution in [0, 0.1) is 13.8 Å². The smallest absolute Gasteiger partial charge is 0.305 e. The summed E-state index contributed by atoms with van der Waals surface area (Å²) in [6.45, 7) is 6.98. The van der Waals surface area contributed by atoms with Gasteiger partial charge in [-0.1, -0.05) is 25.1 Å². The van der Waals surface area contributed by atoms with Crippen LogP contribution in [0.25, 0.3) is 0 Å². The van der Waals surface area contributed by atoms with E-state index in [1.807, 2.05) is 25.1 Å². The normalized spacial score (nSPS) is 13.8. The number of carbonyl (C=O) groups excluding carboxylic acids is 1. The molecule has 118 valence electrons. The van der Waals surface area contributed by atoms with Crippen LogP contribution >= 0.6 is 0 Å². The fourth-order valence-electron chi connectivity index (χ4n) is 2.26. The first-order chi connectivity index (χ1) is 9.99. The van der Waals surface area contributed by atoms with Gasteiger partial charge < -0.3 is 15.2 Å². The number of benzene rings is 1. The highest BCUT2D eigenvalue weighted by molar-refractivity contribution is 5.69. The number of methoxy groups -OCH3 is 1. The Kier molecular flexibility index (Phi) is 7.40. The Morgan fingerprint density at radius 2 is 2.05 bits per heavy atom. The molecule has 0 aliphatic rings. The summed E-state index contributed by atoms with van der Waals surface area (Å²) in [5.41, 5.74) is 3.25. The molecule has 4 heteroatoms. The fourth-order valence-corrected chi connectivity index (χ4v) is 2.26. The van der Waals surface area contributed by atoms with E-state index >= 15 is 0 Å². The van der Waals surface area contributed by atoms with Crippen LogP contribution in [0.4, 0.5) is 0 Å². The van der Waals surface area contributed by atoms with Gasteiger partial charge >= 0.3 is 5.97 Å². The van der Waals surface area contributed by atoms with E-state index in [1.165, 1.54) is 12.7 Å². The molecule has 1 aromatic carbocycles. The minimum Gasteiger partial charge on any atom is -0.469 e. The molecule has 2 atom stereocenters. The van der Waals surface area contributed by atoms with Crippen molar-refractivity contribution in [2.45, 2.75) is 52.2 Å². The van der Waals surface area contributed by atoms with Crippen molar-refractivity contribution in [2.24, 2.45) is 0 Å². The lowest BCUT2D eigenvalue weighted by molar-refractivity contribution is -0.141. The van der Waals surface area contributed by atoms with Crippen LogP contribution < -0.4 is 5.32 Å². The van der Waals surface area contributed by atoms with Crippen molar-refractivity contribution >= 4 is 5.97 Å². The van der Waals surface area contributed by atoms with Crippen LogP contribution in [0.5, 0.6) is 0 Å². The average Bonchev–Trinajstić information content (AvgIpc) is 2.49. The summed E-state index contributed by atoms with van der Waals surface area (Å²) in [4.78, 5) is 11.3. The van der Waals surface area contributed by atoms with E-state index < -0.39 is 6.10 Å². The molecular formula is C17H27NO3. The van der Waals surface area contributed by atoms with Crippen molar-refractivity contribution in [3.8, 4) is 0 Å². The predicted molar refractivity (Wildman–Crippen MR) is 84.2 cm³/mol. The monoisotopic (exact) mass is 293 g/mol. The minimum atomic E-state index is -0.625. The third-order valence-corrected chi connectivity index (χ3v) is 3.80. The van der Waals surface area contributed by atoms with Gasteiger partial charge in [-0.25, -0.2) is 0 Å². The third kappa shape index (κ3) is 5.48. The van der Waals surface area contributed by atoms with Crippen molar-refractivity contribution in [2.75, 3.05) is 13.7 Å². The Hall–Kier alpha value is -1.39. The zero-order chi connectivity index (χ0) is 15.8. The van der Waals surface area contributed by atoms with E-state index in [0.29, 0.717) is 12.8 Å². The van der Waals surface area contributed by atoms with Gasteiger partial charge in [-0.2, -0.15) is 0 Å². The number of aryl methyl sites for hydroxylation is 2.